The van der Waals surface area contributed by atoms with Crippen LogP contribution in [0.2, 0.25) is 0 Å². The largest absolute Gasteiger partial charge is 0.365 e. The summed E-state index contributed by atoms with van der Waals surface area (Å²) in [5.41, 5.74) is 1.81. The number of nitrogens with zero attached hydrogens (tertiary/aromatic N) is 3. The Bertz CT molecular complexity index is 809. The van der Waals surface area contributed by atoms with E-state index in [0.29, 0.717) is 5.65 Å². The third-order valence-electron chi connectivity index (χ3n) is 3.55. The minimum absolute atomic E-state index is 0.270. The average molecular weight is 287 g/mol. The number of aromatic amines is 1. The van der Waals surface area contributed by atoms with Crippen molar-refractivity contribution in [2.75, 3.05) is 5.32 Å². The average Bonchev–Trinajstić information content (AvgIpc) is 3.11. The van der Waals surface area contributed by atoms with Crippen LogP contribution in [-0.2, 0) is 19.4 Å². The van der Waals surface area contributed by atoms with E-state index in [0.717, 1.165) is 12.4 Å². The van der Waals surface area contributed by atoms with Crippen molar-refractivity contribution in [2.24, 2.45) is 0 Å². The molecule has 3 aromatic rings. The predicted octanol–water partition coefficient (Wildman–Crippen LogP) is 1.58. The van der Waals surface area contributed by atoms with Crippen LogP contribution >= 0.6 is 11.3 Å². The molecule has 3 heterocycles. The highest BCUT2D eigenvalue weighted by atomic mass is 32.1. The number of H-pyrrole nitrogens is 1. The lowest BCUT2D eigenvalue weighted by atomic mass is 10.2. The highest BCUT2D eigenvalue weighted by Gasteiger charge is 2.14. The van der Waals surface area contributed by atoms with Gasteiger partial charge in [0.1, 0.15) is 12.1 Å². The normalized spacial score (nSPS) is 13.8. The summed E-state index contributed by atoms with van der Waals surface area (Å²) in [6.45, 7) is 0.759. The van der Waals surface area contributed by atoms with Gasteiger partial charge in [0.05, 0.1) is 6.54 Å². The van der Waals surface area contributed by atoms with Crippen LogP contribution < -0.4 is 11.0 Å². The van der Waals surface area contributed by atoms with E-state index in [2.05, 4.69) is 26.6 Å². The summed E-state index contributed by atoms with van der Waals surface area (Å²) in [7, 11) is 0. The number of hydrogen-bond acceptors (Lipinski definition) is 5. The Morgan fingerprint density at radius 2 is 2.35 bits per heavy atom. The lowest BCUT2D eigenvalue weighted by Gasteiger charge is -2.03. The monoisotopic (exact) mass is 287 g/mol. The molecule has 0 saturated heterocycles. The molecule has 1 aliphatic carbocycles. The quantitative estimate of drug-likeness (QED) is 0.767. The molecule has 0 aromatic carbocycles. The zero-order valence-corrected chi connectivity index (χ0v) is 11.5. The van der Waals surface area contributed by atoms with Gasteiger partial charge in [-0.3, -0.25) is 0 Å². The number of aryl methyl sites for hydroxylation is 2. The van der Waals surface area contributed by atoms with Gasteiger partial charge in [0.25, 0.3) is 0 Å². The third-order valence-corrected chi connectivity index (χ3v) is 4.79. The summed E-state index contributed by atoms with van der Waals surface area (Å²) < 4.78 is 1.38. The van der Waals surface area contributed by atoms with Crippen molar-refractivity contribution in [3.8, 4) is 0 Å². The summed E-state index contributed by atoms with van der Waals surface area (Å²) in [6, 6.07) is 4.05. The second-order valence-electron chi connectivity index (χ2n) is 4.90. The number of aromatic nitrogens is 4. The van der Waals surface area contributed by atoms with Crippen LogP contribution in [0.5, 0.6) is 0 Å². The lowest BCUT2D eigenvalue weighted by Crippen LogP contribution is -2.10. The van der Waals surface area contributed by atoms with E-state index in [9.17, 15) is 4.79 Å². The topological polar surface area (TPSA) is 75.1 Å². The van der Waals surface area contributed by atoms with Crippen LogP contribution in [-0.4, -0.2) is 19.6 Å². The van der Waals surface area contributed by atoms with Gasteiger partial charge in [-0.2, -0.15) is 5.10 Å². The first-order valence-corrected chi connectivity index (χ1v) is 7.38. The molecule has 0 spiro atoms. The Kier molecular flexibility index (Phi) is 2.59. The van der Waals surface area contributed by atoms with Crippen LogP contribution in [0.4, 0.5) is 5.82 Å². The SMILES string of the molecule is O=c1[nH]nc2cc(NCc3cc4c(s3)CCC4)ncn12. The molecule has 3 aromatic heterocycles. The van der Waals surface area contributed by atoms with Gasteiger partial charge in [-0.1, -0.05) is 0 Å². The van der Waals surface area contributed by atoms with Crippen molar-refractivity contribution in [1.82, 2.24) is 19.6 Å². The Morgan fingerprint density at radius 1 is 1.40 bits per heavy atom. The molecule has 0 fully saturated rings. The fraction of sp³-hybridized carbons (Fsp3) is 0.308. The number of hydrogen-bond donors (Lipinski definition) is 2. The number of rotatable bonds is 3. The molecule has 7 heteroatoms. The fourth-order valence-corrected chi connectivity index (χ4v) is 3.76. The molecule has 0 bridgehead atoms. The summed E-state index contributed by atoms with van der Waals surface area (Å²) in [6.07, 6.45) is 5.21. The van der Waals surface area contributed by atoms with Gasteiger partial charge in [0.2, 0.25) is 0 Å². The molecule has 1 aliphatic rings. The molecular weight excluding hydrogens is 274 g/mol. The maximum absolute atomic E-state index is 11.3. The van der Waals surface area contributed by atoms with Crippen molar-refractivity contribution in [1.29, 1.82) is 0 Å². The molecule has 2 N–H and O–H groups in total. The van der Waals surface area contributed by atoms with Crippen LogP contribution in [0.15, 0.2) is 23.3 Å². The van der Waals surface area contributed by atoms with E-state index < -0.39 is 0 Å². The van der Waals surface area contributed by atoms with Crippen LogP contribution in [0.3, 0.4) is 0 Å². The van der Waals surface area contributed by atoms with E-state index in [1.54, 1.807) is 6.07 Å². The first kappa shape index (κ1) is 11.7. The number of fused-ring (bicyclic) bond motifs is 2. The molecule has 0 atom stereocenters. The van der Waals surface area contributed by atoms with Gasteiger partial charge >= 0.3 is 5.69 Å². The minimum Gasteiger partial charge on any atom is -0.365 e. The second-order valence-corrected chi connectivity index (χ2v) is 6.12. The van der Waals surface area contributed by atoms with Gasteiger partial charge < -0.3 is 5.32 Å². The molecule has 0 amide bonds. The highest BCUT2D eigenvalue weighted by molar-refractivity contribution is 7.12. The van der Waals surface area contributed by atoms with E-state index in [1.165, 1.54) is 45.3 Å². The second kappa shape index (κ2) is 4.45. The Labute approximate surface area is 118 Å². The molecule has 4 rings (SSSR count). The first-order valence-electron chi connectivity index (χ1n) is 6.57. The van der Waals surface area contributed by atoms with E-state index in [1.807, 2.05) is 11.3 Å². The smallest absolute Gasteiger partial charge is 0.348 e. The number of anilines is 1. The minimum atomic E-state index is -0.270. The van der Waals surface area contributed by atoms with Gasteiger partial charge in [0.15, 0.2) is 5.65 Å². The van der Waals surface area contributed by atoms with Gasteiger partial charge in [0, 0.05) is 15.8 Å². The van der Waals surface area contributed by atoms with Crippen LogP contribution in [0.25, 0.3) is 5.65 Å². The fourth-order valence-electron chi connectivity index (χ4n) is 2.56. The molecule has 0 aliphatic heterocycles. The summed E-state index contributed by atoms with van der Waals surface area (Å²) >= 11 is 1.88. The Morgan fingerprint density at radius 3 is 3.25 bits per heavy atom. The maximum Gasteiger partial charge on any atom is 0.348 e. The van der Waals surface area contributed by atoms with Crippen LogP contribution in [0, 0.1) is 0 Å². The van der Waals surface area contributed by atoms with E-state index in [-0.39, 0.29) is 5.69 Å². The van der Waals surface area contributed by atoms with Crippen molar-refractivity contribution < 1.29 is 0 Å². The van der Waals surface area contributed by atoms with Gasteiger partial charge in [-0.05, 0) is 30.9 Å². The Hall–Kier alpha value is -2.15. The lowest BCUT2D eigenvalue weighted by molar-refractivity contribution is 0.913. The molecule has 0 unspecified atom stereocenters. The van der Waals surface area contributed by atoms with E-state index >= 15 is 0 Å². The zero-order valence-electron chi connectivity index (χ0n) is 10.7. The molecule has 102 valence electrons. The standard InChI is InChI=1S/C13H13N5OS/c19-13-17-16-12-5-11(15-7-18(12)13)14-6-9-4-8-2-1-3-10(8)20-9/h4-5,7,14H,1-3,6H2,(H,17,19). The van der Waals surface area contributed by atoms with Crippen molar-refractivity contribution in [3.63, 3.8) is 0 Å². The summed E-state index contributed by atoms with van der Waals surface area (Å²) in [4.78, 5) is 18.4. The van der Waals surface area contributed by atoms with Gasteiger partial charge in [-0.15, -0.1) is 11.3 Å². The van der Waals surface area contributed by atoms with Crippen LogP contribution in [0.1, 0.15) is 21.7 Å². The van der Waals surface area contributed by atoms with Gasteiger partial charge in [-0.25, -0.2) is 19.3 Å². The molecular formula is C13H13N5OS. The number of thiophene rings is 1. The first-order chi connectivity index (χ1) is 9.79. The molecule has 6 nitrogen and oxygen atoms in total. The maximum atomic E-state index is 11.3. The molecule has 20 heavy (non-hydrogen) atoms. The highest BCUT2D eigenvalue weighted by Crippen LogP contribution is 2.30. The third kappa shape index (κ3) is 1.90. The van der Waals surface area contributed by atoms with Crippen molar-refractivity contribution in [2.45, 2.75) is 25.8 Å². The zero-order chi connectivity index (χ0) is 13.5. The molecule has 0 radical (unpaired) electrons. The summed E-state index contributed by atoms with van der Waals surface area (Å²) in [5, 5.41) is 9.60. The predicted molar refractivity (Wildman–Crippen MR) is 77.3 cm³/mol. The Balaban J connectivity index is 1.53. The summed E-state index contributed by atoms with van der Waals surface area (Å²) in [5.74, 6) is 0.727. The van der Waals surface area contributed by atoms with Crippen molar-refractivity contribution >= 4 is 22.8 Å². The van der Waals surface area contributed by atoms with Crippen molar-refractivity contribution in [3.05, 3.63) is 44.3 Å². The molecule has 0 saturated carbocycles. The number of nitrogens with one attached hydrogen (secondary N) is 2. The van der Waals surface area contributed by atoms with E-state index in [4.69, 9.17) is 0 Å².